The van der Waals surface area contributed by atoms with Crippen molar-refractivity contribution in [3.05, 3.63) is 70.8 Å². The number of rotatable bonds is 5. The molecular weight excluding hydrogens is 528 g/mol. The standard InChI is InChI=1S/C27H29F6N3O3/c28-26(29,30)20-13-19(14-21(15-20)27(31,32)33)24(37)34-22-8-10-35(16-22)23-7-4-11-36(12-9-23,25(38)39)17-18-5-2-1-3-6-18/h1-3,5-6,13-15,22-23H,4,7-12,16-17H2,(H-,34,37,38,39)/t22-,23-,36?/m1/s1. The van der Waals surface area contributed by atoms with E-state index in [4.69, 9.17) is 0 Å². The molecule has 2 aromatic carbocycles. The van der Waals surface area contributed by atoms with E-state index in [2.05, 4.69) is 10.2 Å². The van der Waals surface area contributed by atoms with Gasteiger partial charge in [0.25, 0.3) is 12.0 Å². The SMILES string of the molecule is O=C(N[C@@H]1CCN([C@@H]2CCC[N+](Cc3ccccc3)(C(=O)[O-])CC2)C1)c1cc(C(F)(F)F)cc(C(F)(F)F)c1. The highest BCUT2D eigenvalue weighted by atomic mass is 19.4. The minimum absolute atomic E-state index is 0.0108. The van der Waals surface area contributed by atoms with Crippen molar-refractivity contribution in [1.29, 1.82) is 0 Å². The molecule has 0 radical (unpaired) electrons. The molecule has 2 aliphatic rings. The smallest absolute Gasteiger partial charge is 0.416 e. The summed E-state index contributed by atoms with van der Waals surface area (Å²) >= 11 is 0. The van der Waals surface area contributed by atoms with E-state index in [1.807, 2.05) is 30.3 Å². The average Bonchev–Trinajstić information content (AvgIpc) is 3.22. The molecule has 212 valence electrons. The Labute approximate surface area is 221 Å². The third kappa shape index (κ3) is 6.91. The van der Waals surface area contributed by atoms with Gasteiger partial charge >= 0.3 is 12.4 Å². The van der Waals surface area contributed by atoms with Crippen LogP contribution in [0.5, 0.6) is 0 Å². The van der Waals surface area contributed by atoms with E-state index in [9.17, 15) is 41.0 Å². The van der Waals surface area contributed by atoms with Gasteiger partial charge in [0.05, 0.1) is 24.2 Å². The zero-order valence-electron chi connectivity index (χ0n) is 21.0. The van der Waals surface area contributed by atoms with Gasteiger partial charge < -0.3 is 15.2 Å². The van der Waals surface area contributed by atoms with Crippen LogP contribution in [0.25, 0.3) is 0 Å². The van der Waals surface area contributed by atoms with E-state index >= 15 is 0 Å². The maximum absolute atomic E-state index is 13.2. The highest BCUT2D eigenvalue weighted by Gasteiger charge is 2.39. The van der Waals surface area contributed by atoms with Gasteiger partial charge in [-0.15, -0.1) is 0 Å². The number of likely N-dealkylation sites (tertiary alicyclic amines) is 2. The van der Waals surface area contributed by atoms with Crippen LogP contribution in [-0.4, -0.2) is 59.6 Å². The number of halogens is 6. The van der Waals surface area contributed by atoms with Gasteiger partial charge in [-0.05, 0) is 37.5 Å². The lowest BCUT2D eigenvalue weighted by Gasteiger charge is -2.37. The molecule has 2 heterocycles. The fourth-order valence-corrected chi connectivity index (χ4v) is 5.58. The van der Waals surface area contributed by atoms with Crippen LogP contribution >= 0.6 is 0 Å². The average molecular weight is 558 g/mol. The van der Waals surface area contributed by atoms with Crippen LogP contribution in [0.4, 0.5) is 31.1 Å². The van der Waals surface area contributed by atoms with E-state index in [0.29, 0.717) is 64.1 Å². The van der Waals surface area contributed by atoms with Crippen LogP contribution < -0.4 is 10.4 Å². The zero-order valence-corrected chi connectivity index (χ0v) is 21.0. The Hall–Kier alpha value is -3.12. The molecule has 0 bridgehead atoms. The van der Waals surface area contributed by atoms with Crippen LogP contribution in [0.15, 0.2) is 48.5 Å². The first-order chi connectivity index (χ1) is 18.3. The molecule has 2 fully saturated rings. The molecule has 2 aromatic rings. The normalized spacial score (nSPS) is 24.8. The second-order valence-electron chi connectivity index (χ2n) is 10.3. The van der Waals surface area contributed by atoms with E-state index < -0.39 is 47.1 Å². The molecule has 12 heteroatoms. The molecular formula is C27H29F6N3O3. The summed E-state index contributed by atoms with van der Waals surface area (Å²) in [6, 6.07) is 9.72. The van der Waals surface area contributed by atoms with Crippen molar-refractivity contribution >= 4 is 12.0 Å². The molecule has 4 rings (SSSR count). The third-order valence-corrected chi connectivity index (χ3v) is 7.65. The fraction of sp³-hybridized carbons (Fsp3) is 0.481. The van der Waals surface area contributed by atoms with Gasteiger partial charge in [0.2, 0.25) is 0 Å². The molecule has 2 aliphatic heterocycles. The lowest BCUT2D eigenvalue weighted by Crippen LogP contribution is -2.58. The summed E-state index contributed by atoms with van der Waals surface area (Å²) < 4.78 is 78.9. The lowest BCUT2D eigenvalue weighted by molar-refractivity contribution is -0.888. The number of nitrogens with zero attached hydrogens (tertiary/aromatic N) is 2. The molecule has 0 saturated carbocycles. The minimum Gasteiger partial charge on any atom is -0.498 e. The summed E-state index contributed by atoms with van der Waals surface area (Å²) in [7, 11) is 0. The third-order valence-electron chi connectivity index (χ3n) is 7.65. The second-order valence-corrected chi connectivity index (χ2v) is 10.3. The summed E-state index contributed by atoms with van der Waals surface area (Å²) in [5.41, 5.74) is -2.90. The summed E-state index contributed by atoms with van der Waals surface area (Å²) in [5.74, 6) is -1.00. The molecule has 2 saturated heterocycles. The Morgan fingerprint density at radius 3 is 2.15 bits per heavy atom. The molecule has 0 spiro atoms. The number of benzene rings is 2. The van der Waals surface area contributed by atoms with Crippen molar-refractivity contribution in [3.63, 3.8) is 0 Å². The minimum atomic E-state index is -5.04. The van der Waals surface area contributed by atoms with E-state index in [0.717, 1.165) is 12.0 Å². The summed E-state index contributed by atoms with van der Waals surface area (Å²) in [6.07, 6.45) is -8.80. The van der Waals surface area contributed by atoms with Gasteiger partial charge in [-0.3, -0.25) is 14.2 Å². The first-order valence-electron chi connectivity index (χ1n) is 12.7. The Morgan fingerprint density at radius 1 is 0.923 bits per heavy atom. The van der Waals surface area contributed by atoms with Crippen molar-refractivity contribution in [1.82, 2.24) is 10.2 Å². The van der Waals surface area contributed by atoms with Crippen molar-refractivity contribution in [2.75, 3.05) is 26.2 Å². The number of alkyl halides is 6. The van der Waals surface area contributed by atoms with E-state index in [1.165, 1.54) is 0 Å². The number of quaternary nitrogens is 1. The highest BCUT2D eigenvalue weighted by molar-refractivity contribution is 5.95. The predicted octanol–water partition coefficient (Wildman–Crippen LogP) is 4.44. The molecule has 3 atom stereocenters. The van der Waals surface area contributed by atoms with Crippen molar-refractivity contribution in [2.24, 2.45) is 0 Å². The molecule has 0 aliphatic carbocycles. The Morgan fingerprint density at radius 2 is 1.56 bits per heavy atom. The van der Waals surface area contributed by atoms with Crippen LogP contribution in [0.2, 0.25) is 0 Å². The van der Waals surface area contributed by atoms with Crippen molar-refractivity contribution < 1.29 is 45.5 Å². The van der Waals surface area contributed by atoms with E-state index in [1.54, 1.807) is 0 Å². The predicted molar refractivity (Wildman–Crippen MR) is 127 cm³/mol. The Bertz CT molecular complexity index is 1160. The second kappa shape index (κ2) is 11.2. The van der Waals surface area contributed by atoms with Crippen LogP contribution in [0.1, 0.15) is 52.7 Å². The van der Waals surface area contributed by atoms with Gasteiger partial charge in [-0.2, -0.15) is 26.3 Å². The molecule has 0 aromatic heterocycles. The first-order valence-corrected chi connectivity index (χ1v) is 12.7. The number of hydrogen-bond acceptors (Lipinski definition) is 4. The largest absolute Gasteiger partial charge is 0.498 e. The van der Waals surface area contributed by atoms with Gasteiger partial charge in [0.15, 0.2) is 0 Å². The summed E-state index contributed by atoms with van der Waals surface area (Å²) in [6.45, 7) is 2.02. The van der Waals surface area contributed by atoms with Crippen molar-refractivity contribution in [2.45, 2.75) is 56.7 Å². The van der Waals surface area contributed by atoms with Gasteiger partial charge in [-0.25, -0.2) is 0 Å². The molecule has 6 nitrogen and oxygen atoms in total. The van der Waals surface area contributed by atoms with Crippen LogP contribution in [0, 0.1) is 0 Å². The van der Waals surface area contributed by atoms with Gasteiger partial charge in [0.1, 0.15) is 6.54 Å². The molecule has 1 unspecified atom stereocenters. The quantitative estimate of drug-likeness (QED) is 0.436. The lowest BCUT2D eigenvalue weighted by atomic mass is 10.0. The molecule has 2 amide bonds. The zero-order chi connectivity index (χ0) is 28.4. The van der Waals surface area contributed by atoms with Gasteiger partial charge in [0, 0.05) is 42.7 Å². The summed E-state index contributed by atoms with van der Waals surface area (Å²) in [5, 5.41) is 14.8. The number of amides is 2. The fourth-order valence-electron chi connectivity index (χ4n) is 5.58. The maximum atomic E-state index is 13.2. The topological polar surface area (TPSA) is 72.5 Å². The van der Waals surface area contributed by atoms with E-state index in [-0.39, 0.29) is 16.6 Å². The highest BCUT2D eigenvalue weighted by Crippen LogP contribution is 2.36. The number of carboxylic acid groups (broad SMARTS) is 1. The Kier molecular flexibility index (Phi) is 8.27. The first kappa shape index (κ1) is 28.9. The number of carbonyl (C=O) groups is 2. The number of carbonyl (C=O) groups excluding carboxylic acids is 2. The molecule has 1 N–H and O–H groups in total. The van der Waals surface area contributed by atoms with Crippen LogP contribution in [-0.2, 0) is 18.9 Å². The van der Waals surface area contributed by atoms with Gasteiger partial charge in [-0.1, -0.05) is 30.3 Å². The Balaban J connectivity index is 1.40. The summed E-state index contributed by atoms with van der Waals surface area (Å²) in [4.78, 5) is 27.0. The van der Waals surface area contributed by atoms with Crippen LogP contribution in [0.3, 0.4) is 0 Å². The maximum Gasteiger partial charge on any atom is 0.416 e. The number of nitrogens with one attached hydrogen (secondary N) is 1. The van der Waals surface area contributed by atoms with Crippen molar-refractivity contribution in [3.8, 4) is 0 Å². The molecule has 39 heavy (non-hydrogen) atoms. The monoisotopic (exact) mass is 557 g/mol. The number of hydrogen-bond donors (Lipinski definition) is 1.